The van der Waals surface area contributed by atoms with Crippen LogP contribution in [0, 0.1) is 0 Å². The lowest BCUT2D eigenvalue weighted by Crippen LogP contribution is -2.06. The second-order valence-electron chi connectivity index (χ2n) is 3.21. The first-order valence-electron chi connectivity index (χ1n) is 4.71. The summed E-state index contributed by atoms with van der Waals surface area (Å²) >= 11 is 3.20. The number of carbonyl (C=O) groups excluding carboxylic acids is 1. The summed E-state index contributed by atoms with van der Waals surface area (Å²) in [5.74, 6) is -0.837. The monoisotopic (exact) mass is 340 g/mol. The molecule has 0 aliphatic heterocycles. The maximum absolute atomic E-state index is 11.5. The number of carbonyl (C=O) groups is 1. The number of rotatable bonds is 4. The topological polar surface area (TPSA) is 60.4 Å². The molecule has 7 heteroatoms. The molecular weight excluding hydrogens is 332 g/mol. The van der Waals surface area contributed by atoms with Gasteiger partial charge in [-0.3, -0.25) is 0 Å². The van der Waals surface area contributed by atoms with Crippen LogP contribution in [-0.4, -0.2) is 21.0 Å². The molecule has 0 N–H and O–H groups in total. The van der Waals surface area contributed by atoms with Crippen molar-refractivity contribution in [1.29, 1.82) is 0 Å². The zero-order valence-electron chi connectivity index (χ0n) is 8.94. The highest BCUT2D eigenvalue weighted by Gasteiger charge is 2.14. The number of halogens is 2. The average molecular weight is 342 g/mol. The van der Waals surface area contributed by atoms with E-state index in [1.165, 1.54) is 6.07 Å². The lowest BCUT2D eigenvalue weighted by molar-refractivity contribution is 0.0526. The fourth-order valence-electron chi connectivity index (χ4n) is 1.21. The molecule has 1 aromatic rings. The van der Waals surface area contributed by atoms with Crippen molar-refractivity contribution in [3.05, 3.63) is 33.8 Å². The highest BCUT2D eigenvalue weighted by Crippen LogP contribution is 2.22. The van der Waals surface area contributed by atoms with Gasteiger partial charge in [0.1, 0.15) is 0 Å². The SMILES string of the molecule is CCOC(=O)c1ccc(Br)c(CS(=O)(=O)Cl)c1. The van der Waals surface area contributed by atoms with E-state index in [-0.39, 0.29) is 12.4 Å². The number of esters is 1. The highest BCUT2D eigenvalue weighted by atomic mass is 79.9. The Kier molecular flexibility index (Phi) is 4.97. The largest absolute Gasteiger partial charge is 0.462 e. The fraction of sp³-hybridized carbons (Fsp3) is 0.300. The van der Waals surface area contributed by atoms with E-state index in [9.17, 15) is 13.2 Å². The smallest absolute Gasteiger partial charge is 0.338 e. The van der Waals surface area contributed by atoms with E-state index in [4.69, 9.17) is 15.4 Å². The van der Waals surface area contributed by atoms with Gasteiger partial charge in [0.15, 0.2) is 0 Å². The Morgan fingerprint density at radius 2 is 2.12 bits per heavy atom. The standard InChI is InChI=1S/C10H10BrClO4S/c1-2-16-10(13)7-3-4-9(11)8(5-7)6-17(12,14)15/h3-5H,2,6H2,1H3. The average Bonchev–Trinajstić information content (AvgIpc) is 2.19. The number of hydrogen-bond donors (Lipinski definition) is 0. The Balaban J connectivity index is 3.06. The van der Waals surface area contributed by atoms with Crippen molar-refractivity contribution in [2.45, 2.75) is 12.7 Å². The van der Waals surface area contributed by atoms with Gasteiger partial charge in [-0.05, 0) is 30.7 Å². The van der Waals surface area contributed by atoms with Crippen LogP contribution in [0.5, 0.6) is 0 Å². The minimum absolute atomic E-state index is 0.262. The minimum atomic E-state index is -3.66. The molecular formula is C10H10BrClO4S. The summed E-state index contributed by atoms with van der Waals surface area (Å²) in [6, 6.07) is 4.58. The molecule has 0 saturated carbocycles. The summed E-state index contributed by atoms with van der Waals surface area (Å²) in [5, 5.41) is 0. The summed E-state index contributed by atoms with van der Waals surface area (Å²) in [5.41, 5.74) is 0.718. The highest BCUT2D eigenvalue weighted by molar-refractivity contribution is 9.10. The molecule has 0 saturated heterocycles. The fourth-order valence-corrected chi connectivity index (χ4v) is 2.75. The van der Waals surface area contributed by atoms with Gasteiger partial charge in [0, 0.05) is 15.2 Å². The summed E-state index contributed by atoms with van der Waals surface area (Å²) in [4.78, 5) is 11.5. The normalized spacial score (nSPS) is 11.2. The van der Waals surface area contributed by atoms with Crippen LogP contribution in [-0.2, 0) is 19.5 Å². The predicted molar refractivity (Wildman–Crippen MR) is 68.6 cm³/mol. The maximum Gasteiger partial charge on any atom is 0.338 e. The molecule has 17 heavy (non-hydrogen) atoms. The first kappa shape index (κ1) is 14.5. The molecule has 0 unspecified atom stereocenters. The molecule has 0 heterocycles. The quantitative estimate of drug-likeness (QED) is 0.624. The van der Waals surface area contributed by atoms with E-state index >= 15 is 0 Å². The molecule has 1 rings (SSSR count). The van der Waals surface area contributed by atoms with E-state index < -0.39 is 15.0 Å². The van der Waals surface area contributed by atoms with Gasteiger partial charge in [0.25, 0.3) is 0 Å². The van der Waals surface area contributed by atoms with Crippen LogP contribution in [0.4, 0.5) is 0 Å². The Morgan fingerprint density at radius 1 is 1.47 bits per heavy atom. The van der Waals surface area contributed by atoms with E-state index in [0.29, 0.717) is 15.6 Å². The molecule has 0 spiro atoms. The second kappa shape index (κ2) is 5.84. The van der Waals surface area contributed by atoms with Crippen LogP contribution in [0.2, 0.25) is 0 Å². The van der Waals surface area contributed by atoms with Gasteiger partial charge < -0.3 is 4.74 Å². The second-order valence-corrected chi connectivity index (χ2v) is 6.84. The molecule has 0 atom stereocenters. The van der Waals surface area contributed by atoms with Crippen LogP contribution in [0.1, 0.15) is 22.8 Å². The third-order valence-corrected chi connectivity index (χ3v) is 3.64. The van der Waals surface area contributed by atoms with Gasteiger partial charge >= 0.3 is 5.97 Å². The summed E-state index contributed by atoms with van der Waals surface area (Å²) in [6.45, 7) is 1.96. The third-order valence-electron chi connectivity index (χ3n) is 1.88. The van der Waals surface area contributed by atoms with Crippen LogP contribution >= 0.6 is 26.6 Å². The number of ether oxygens (including phenoxy) is 1. The molecule has 4 nitrogen and oxygen atoms in total. The Labute approximate surface area is 112 Å². The van der Waals surface area contributed by atoms with Gasteiger partial charge in [-0.25, -0.2) is 13.2 Å². The van der Waals surface area contributed by atoms with E-state index in [1.807, 2.05) is 0 Å². The van der Waals surface area contributed by atoms with E-state index in [1.54, 1.807) is 19.1 Å². The molecule has 0 amide bonds. The van der Waals surface area contributed by atoms with Crippen molar-refractivity contribution < 1.29 is 17.9 Å². The Morgan fingerprint density at radius 3 is 2.65 bits per heavy atom. The van der Waals surface area contributed by atoms with Crippen LogP contribution in [0.15, 0.2) is 22.7 Å². The molecule has 0 radical (unpaired) electrons. The van der Waals surface area contributed by atoms with Crippen LogP contribution in [0.25, 0.3) is 0 Å². The summed E-state index contributed by atoms with van der Waals surface area (Å²) in [7, 11) is 1.50. The molecule has 1 aromatic carbocycles. The Bertz CT molecular complexity index is 527. The van der Waals surface area contributed by atoms with Gasteiger partial charge in [-0.15, -0.1) is 0 Å². The van der Waals surface area contributed by atoms with E-state index in [2.05, 4.69) is 15.9 Å². The van der Waals surface area contributed by atoms with Crippen molar-refractivity contribution >= 4 is 41.6 Å². The van der Waals surface area contributed by atoms with Crippen LogP contribution in [0.3, 0.4) is 0 Å². The molecule has 94 valence electrons. The molecule has 0 aromatic heterocycles. The zero-order valence-corrected chi connectivity index (χ0v) is 12.1. The van der Waals surface area contributed by atoms with E-state index in [0.717, 1.165) is 0 Å². The van der Waals surface area contributed by atoms with Crippen molar-refractivity contribution in [3.8, 4) is 0 Å². The summed E-state index contributed by atoms with van der Waals surface area (Å²) < 4.78 is 27.4. The first-order valence-corrected chi connectivity index (χ1v) is 7.98. The number of benzene rings is 1. The lowest BCUT2D eigenvalue weighted by atomic mass is 10.1. The zero-order chi connectivity index (χ0) is 13.1. The molecule has 0 bridgehead atoms. The first-order chi connectivity index (χ1) is 7.83. The minimum Gasteiger partial charge on any atom is -0.462 e. The van der Waals surface area contributed by atoms with Crippen molar-refractivity contribution in [2.75, 3.05) is 6.61 Å². The molecule has 0 fully saturated rings. The number of hydrogen-bond acceptors (Lipinski definition) is 4. The van der Waals surface area contributed by atoms with Crippen molar-refractivity contribution in [3.63, 3.8) is 0 Å². The molecule has 0 aliphatic rings. The van der Waals surface area contributed by atoms with Gasteiger partial charge in [0.05, 0.1) is 17.9 Å². The van der Waals surface area contributed by atoms with Gasteiger partial charge in [-0.1, -0.05) is 15.9 Å². The third kappa shape index (κ3) is 4.65. The summed E-state index contributed by atoms with van der Waals surface area (Å²) in [6.07, 6.45) is 0. The van der Waals surface area contributed by atoms with Gasteiger partial charge in [0.2, 0.25) is 9.05 Å². The van der Waals surface area contributed by atoms with Crippen LogP contribution < -0.4 is 0 Å². The van der Waals surface area contributed by atoms with Gasteiger partial charge in [-0.2, -0.15) is 0 Å². The predicted octanol–water partition coefficient (Wildman–Crippen LogP) is 2.69. The Hall–Kier alpha value is -0.590. The lowest BCUT2D eigenvalue weighted by Gasteiger charge is -2.06. The van der Waals surface area contributed by atoms with Crippen molar-refractivity contribution in [1.82, 2.24) is 0 Å². The maximum atomic E-state index is 11.5. The molecule has 0 aliphatic carbocycles. The van der Waals surface area contributed by atoms with Crippen molar-refractivity contribution in [2.24, 2.45) is 0 Å².